The Balaban J connectivity index is 1.65. The normalized spacial score (nSPS) is 11.0. The van der Waals surface area contributed by atoms with Crippen LogP contribution in [0.15, 0.2) is 59.5 Å². The van der Waals surface area contributed by atoms with Crippen molar-refractivity contribution in [1.29, 1.82) is 0 Å². The fraction of sp³-hybridized carbons (Fsp3) is 0.143. The predicted octanol–water partition coefficient (Wildman–Crippen LogP) is 3.68. The average Bonchev–Trinajstić information content (AvgIpc) is 2.67. The first-order valence-electron chi connectivity index (χ1n) is 8.83. The number of amides is 1. The summed E-state index contributed by atoms with van der Waals surface area (Å²) >= 11 is 0. The van der Waals surface area contributed by atoms with Crippen molar-refractivity contribution in [3.8, 4) is 0 Å². The molecule has 0 fully saturated rings. The minimum Gasteiger partial charge on any atom is -0.322 e. The number of aromatic amines is 1. The van der Waals surface area contributed by atoms with E-state index in [-0.39, 0.29) is 17.2 Å². The Bertz CT molecular complexity index is 1210. The highest BCUT2D eigenvalue weighted by atomic mass is 16.2. The number of pyridine rings is 1. The van der Waals surface area contributed by atoms with Gasteiger partial charge in [-0.25, -0.2) is 4.98 Å². The SMILES string of the molecule is CCCc1cc(=O)[nH]c2cc(NC(=O)c3cnc4ccccc4n3)ccc12. The smallest absolute Gasteiger partial charge is 0.275 e. The van der Waals surface area contributed by atoms with Gasteiger partial charge in [-0.3, -0.25) is 14.6 Å². The van der Waals surface area contributed by atoms with Gasteiger partial charge in [-0.1, -0.05) is 31.5 Å². The van der Waals surface area contributed by atoms with Gasteiger partial charge in [0.05, 0.1) is 22.7 Å². The van der Waals surface area contributed by atoms with Crippen molar-refractivity contribution in [3.05, 3.63) is 76.3 Å². The van der Waals surface area contributed by atoms with Crippen molar-refractivity contribution >= 4 is 33.5 Å². The molecule has 6 heteroatoms. The van der Waals surface area contributed by atoms with Crippen LogP contribution in [0.3, 0.4) is 0 Å². The summed E-state index contributed by atoms with van der Waals surface area (Å²) in [5, 5.41) is 3.81. The lowest BCUT2D eigenvalue weighted by Gasteiger charge is -2.09. The van der Waals surface area contributed by atoms with Crippen LogP contribution in [0.1, 0.15) is 29.4 Å². The van der Waals surface area contributed by atoms with E-state index >= 15 is 0 Å². The van der Waals surface area contributed by atoms with Gasteiger partial charge < -0.3 is 10.3 Å². The van der Waals surface area contributed by atoms with E-state index in [0.717, 1.165) is 29.3 Å². The van der Waals surface area contributed by atoms with E-state index in [0.29, 0.717) is 16.7 Å². The molecule has 27 heavy (non-hydrogen) atoms. The van der Waals surface area contributed by atoms with E-state index in [1.807, 2.05) is 36.4 Å². The van der Waals surface area contributed by atoms with E-state index < -0.39 is 0 Å². The van der Waals surface area contributed by atoms with Crippen molar-refractivity contribution in [3.63, 3.8) is 0 Å². The second-order valence-electron chi connectivity index (χ2n) is 6.37. The molecule has 0 aliphatic rings. The minimum atomic E-state index is -0.348. The van der Waals surface area contributed by atoms with Crippen LogP contribution in [0.5, 0.6) is 0 Å². The average molecular weight is 358 g/mol. The van der Waals surface area contributed by atoms with Crippen LogP contribution in [-0.4, -0.2) is 20.9 Å². The van der Waals surface area contributed by atoms with Crippen LogP contribution in [0, 0.1) is 0 Å². The standard InChI is InChI=1S/C21H18N4O2/c1-2-5-13-10-20(26)25-18-11-14(8-9-15(13)18)23-21(27)19-12-22-16-6-3-4-7-17(16)24-19/h3-4,6-12H,2,5H2,1H3,(H,23,27)(H,25,26). The summed E-state index contributed by atoms with van der Waals surface area (Å²) in [7, 11) is 0. The lowest BCUT2D eigenvalue weighted by Crippen LogP contribution is -2.14. The Hall–Kier alpha value is -3.54. The van der Waals surface area contributed by atoms with Crippen LogP contribution >= 0.6 is 0 Å². The molecule has 0 saturated carbocycles. The van der Waals surface area contributed by atoms with Crippen LogP contribution < -0.4 is 10.9 Å². The van der Waals surface area contributed by atoms with Crippen LogP contribution in [0.2, 0.25) is 0 Å². The van der Waals surface area contributed by atoms with Gasteiger partial charge in [-0.15, -0.1) is 0 Å². The number of aromatic nitrogens is 3. The van der Waals surface area contributed by atoms with E-state index in [1.165, 1.54) is 6.20 Å². The van der Waals surface area contributed by atoms with Crippen LogP contribution in [0.25, 0.3) is 21.9 Å². The van der Waals surface area contributed by atoms with Crippen molar-refractivity contribution in [2.45, 2.75) is 19.8 Å². The van der Waals surface area contributed by atoms with Gasteiger partial charge in [-0.2, -0.15) is 0 Å². The largest absolute Gasteiger partial charge is 0.322 e. The van der Waals surface area contributed by atoms with E-state index in [1.54, 1.807) is 12.1 Å². The highest BCUT2D eigenvalue weighted by Gasteiger charge is 2.11. The molecule has 0 unspecified atom stereocenters. The number of hydrogen-bond donors (Lipinski definition) is 2. The Labute approximate surface area is 155 Å². The third kappa shape index (κ3) is 3.42. The molecule has 0 saturated heterocycles. The monoisotopic (exact) mass is 358 g/mol. The minimum absolute atomic E-state index is 0.144. The summed E-state index contributed by atoms with van der Waals surface area (Å²) in [4.78, 5) is 35.9. The molecule has 4 rings (SSSR count). The molecule has 0 radical (unpaired) electrons. The predicted molar refractivity (Wildman–Crippen MR) is 106 cm³/mol. The summed E-state index contributed by atoms with van der Waals surface area (Å²) in [6.45, 7) is 2.08. The summed E-state index contributed by atoms with van der Waals surface area (Å²) < 4.78 is 0. The maximum Gasteiger partial charge on any atom is 0.275 e. The van der Waals surface area contributed by atoms with Crippen molar-refractivity contribution in [1.82, 2.24) is 15.0 Å². The number of anilines is 1. The summed E-state index contributed by atoms with van der Waals surface area (Å²) in [6, 6.07) is 14.5. The number of nitrogens with one attached hydrogen (secondary N) is 2. The molecule has 0 bridgehead atoms. The molecule has 2 aromatic heterocycles. The molecule has 2 heterocycles. The molecule has 6 nitrogen and oxygen atoms in total. The highest BCUT2D eigenvalue weighted by Crippen LogP contribution is 2.21. The zero-order chi connectivity index (χ0) is 18.8. The van der Waals surface area contributed by atoms with Gasteiger partial charge in [-0.05, 0) is 36.2 Å². The van der Waals surface area contributed by atoms with Gasteiger partial charge in [0.2, 0.25) is 5.56 Å². The van der Waals surface area contributed by atoms with Gasteiger partial charge in [0.1, 0.15) is 5.69 Å². The molecular formula is C21H18N4O2. The Morgan fingerprint density at radius 2 is 1.93 bits per heavy atom. The summed E-state index contributed by atoms with van der Waals surface area (Å²) in [5.41, 5.74) is 3.80. The summed E-state index contributed by atoms with van der Waals surface area (Å²) in [5.74, 6) is -0.348. The maximum atomic E-state index is 12.5. The number of aryl methyl sites for hydroxylation is 1. The third-order valence-electron chi connectivity index (χ3n) is 4.39. The number of fused-ring (bicyclic) bond motifs is 2. The lowest BCUT2D eigenvalue weighted by atomic mass is 10.0. The first-order valence-corrected chi connectivity index (χ1v) is 8.83. The molecule has 1 amide bonds. The topological polar surface area (TPSA) is 87.7 Å². The second kappa shape index (κ2) is 6.99. The van der Waals surface area contributed by atoms with Gasteiger partial charge >= 0.3 is 0 Å². The van der Waals surface area contributed by atoms with Gasteiger partial charge in [0.25, 0.3) is 5.91 Å². The van der Waals surface area contributed by atoms with Gasteiger partial charge in [0.15, 0.2) is 0 Å². The zero-order valence-electron chi connectivity index (χ0n) is 14.8. The molecule has 4 aromatic rings. The Morgan fingerprint density at radius 1 is 1.11 bits per heavy atom. The third-order valence-corrected chi connectivity index (χ3v) is 4.39. The lowest BCUT2D eigenvalue weighted by molar-refractivity contribution is 0.102. The first-order chi connectivity index (χ1) is 13.1. The number of rotatable bonds is 4. The Morgan fingerprint density at radius 3 is 2.74 bits per heavy atom. The van der Waals surface area contributed by atoms with Crippen molar-refractivity contribution in [2.75, 3.05) is 5.32 Å². The molecule has 2 aromatic carbocycles. The fourth-order valence-electron chi connectivity index (χ4n) is 3.15. The molecular weight excluding hydrogens is 340 g/mol. The molecule has 0 atom stereocenters. The van der Waals surface area contributed by atoms with E-state index in [9.17, 15) is 9.59 Å². The number of carbonyl (C=O) groups is 1. The number of carbonyl (C=O) groups excluding carboxylic acids is 1. The second-order valence-corrected chi connectivity index (χ2v) is 6.37. The van der Waals surface area contributed by atoms with Gasteiger partial charge in [0, 0.05) is 17.1 Å². The molecule has 0 aliphatic carbocycles. The number of H-pyrrole nitrogens is 1. The molecule has 2 N–H and O–H groups in total. The van der Waals surface area contributed by atoms with Crippen LogP contribution in [0.4, 0.5) is 5.69 Å². The molecule has 0 spiro atoms. The zero-order valence-corrected chi connectivity index (χ0v) is 14.8. The van der Waals surface area contributed by atoms with E-state index in [4.69, 9.17) is 0 Å². The Kier molecular flexibility index (Phi) is 4.38. The summed E-state index contributed by atoms with van der Waals surface area (Å²) in [6.07, 6.45) is 3.25. The molecule has 134 valence electrons. The molecule has 0 aliphatic heterocycles. The number of nitrogens with zero attached hydrogens (tertiary/aromatic N) is 2. The fourth-order valence-corrected chi connectivity index (χ4v) is 3.15. The van der Waals surface area contributed by atoms with Crippen LogP contribution in [-0.2, 0) is 6.42 Å². The van der Waals surface area contributed by atoms with E-state index in [2.05, 4.69) is 27.2 Å². The number of hydrogen-bond acceptors (Lipinski definition) is 4. The van der Waals surface area contributed by atoms with Crippen molar-refractivity contribution in [2.24, 2.45) is 0 Å². The number of benzene rings is 2. The first kappa shape index (κ1) is 16.9. The quantitative estimate of drug-likeness (QED) is 0.582. The van der Waals surface area contributed by atoms with Crippen molar-refractivity contribution < 1.29 is 4.79 Å². The highest BCUT2D eigenvalue weighted by molar-refractivity contribution is 6.04. The maximum absolute atomic E-state index is 12.5. The number of para-hydroxylation sites is 2.